The topological polar surface area (TPSA) is 15.3 Å². The first-order valence-electron chi connectivity index (χ1n) is 15.4. The first-order chi connectivity index (χ1) is 19.9. The Morgan fingerprint density at radius 1 is 0.683 bits per heavy atom. The molecule has 206 valence electrons. The van der Waals surface area contributed by atoms with Gasteiger partial charge in [0, 0.05) is 6.04 Å². The second-order valence-corrected chi connectivity index (χ2v) is 18.2. The van der Waals surface area contributed by atoms with Crippen LogP contribution in [0.15, 0.2) is 121 Å². The highest BCUT2D eigenvalue weighted by Gasteiger charge is 2.61. The quantitative estimate of drug-likeness (QED) is 0.258. The lowest BCUT2D eigenvalue weighted by Gasteiger charge is -2.51. The summed E-state index contributed by atoms with van der Waals surface area (Å²) in [5.41, 5.74) is 3.36. The highest BCUT2D eigenvalue weighted by molar-refractivity contribution is 6.76. The molecule has 5 unspecified atom stereocenters. The van der Waals surface area contributed by atoms with Crippen LogP contribution >= 0.6 is 0 Å². The Labute approximate surface area is 245 Å². The summed E-state index contributed by atoms with van der Waals surface area (Å²) in [6, 6.07) is 20.8. The summed E-state index contributed by atoms with van der Waals surface area (Å²) in [5.74, 6) is 2.42. The van der Waals surface area contributed by atoms with Crippen LogP contribution in [-0.2, 0) is 0 Å². The van der Waals surface area contributed by atoms with Gasteiger partial charge in [-0.1, -0.05) is 128 Å². The van der Waals surface area contributed by atoms with E-state index in [2.05, 4.69) is 158 Å². The van der Waals surface area contributed by atoms with Crippen LogP contribution in [0.5, 0.6) is 0 Å². The molecule has 1 N–H and O–H groups in total. The first kappa shape index (κ1) is 25.5. The molecule has 3 aromatic carbocycles. The highest BCUT2D eigenvalue weighted by atomic mass is 28.3. The Balaban J connectivity index is 1.25. The standard InChI is InChI=1S/C38H40N2Si/c1-38(2)39-36-33(35-27-16-7-5-14-25(27)24-26-15-6-8-17-28(26)35)22-13-23-34(36)40(38)41(3,4)37-31-20-11-9-18-29(31)30-19-10-12-21-32(30)37/h5-24,29-32,34,36-37,39H,1-4H3/t29?,30?,31?,32?,34-,36?,37?/m1/s1. The monoisotopic (exact) mass is 552 g/mol. The van der Waals surface area contributed by atoms with E-state index in [1.165, 1.54) is 32.7 Å². The van der Waals surface area contributed by atoms with Crippen LogP contribution in [-0.4, -0.2) is 30.5 Å². The Morgan fingerprint density at radius 2 is 1.22 bits per heavy atom. The summed E-state index contributed by atoms with van der Waals surface area (Å²) in [5, 5.41) is 9.54. The van der Waals surface area contributed by atoms with Crippen molar-refractivity contribution >= 4 is 35.4 Å². The van der Waals surface area contributed by atoms with Crippen LogP contribution in [0.4, 0.5) is 0 Å². The van der Waals surface area contributed by atoms with E-state index in [4.69, 9.17) is 0 Å². The van der Waals surface area contributed by atoms with Crippen molar-refractivity contribution in [1.82, 2.24) is 9.88 Å². The largest absolute Gasteiger partial charge is 0.299 e. The Hall–Kier alpha value is -3.24. The van der Waals surface area contributed by atoms with Gasteiger partial charge < -0.3 is 0 Å². The van der Waals surface area contributed by atoms with Crippen LogP contribution in [0, 0.1) is 23.7 Å². The third-order valence-electron chi connectivity index (χ3n) is 10.9. The van der Waals surface area contributed by atoms with Crippen molar-refractivity contribution in [3.05, 3.63) is 127 Å². The number of fused-ring (bicyclic) bond motifs is 6. The first-order valence-corrected chi connectivity index (χ1v) is 18.5. The summed E-state index contributed by atoms with van der Waals surface area (Å²) in [6.45, 7) is 10.2. The fourth-order valence-electron chi connectivity index (χ4n) is 9.69. The molecule has 41 heavy (non-hydrogen) atoms. The summed E-state index contributed by atoms with van der Waals surface area (Å²) < 4.78 is 2.98. The van der Waals surface area contributed by atoms with E-state index in [1.54, 1.807) is 0 Å². The van der Waals surface area contributed by atoms with Crippen LogP contribution < -0.4 is 5.32 Å². The van der Waals surface area contributed by atoms with Gasteiger partial charge in [-0.3, -0.25) is 9.88 Å². The van der Waals surface area contributed by atoms with E-state index in [0.29, 0.717) is 35.3 Å². The van der Waals surface area contributed by atoms with Gasteiger partial charge in [-0.25, -0.2) is 0 Å². The van der Waals surface area contributed by atoms with Crippen molar-refractivity contribution in [2.45, 2.75) is 50.2 Å². The van der Waals surface area contributed by atoms with Crippen molar-refractivity contribution in [2.24, 2.45) is 23.7 Å². The third kappa shape index (κ3) is 3.69. The van der Waals surface area contributed by atoms with Crippen molar-refractivity contribution in [2.75, 3.05) is 0 Å². The average Bonchev–Trinajstić information content (AvgIpc) is 3.47. The summed E-state index contributed by atoms with van der Waals surface area (Å²) in [4.78, 5) is 0. The smallest absolute Gasteiger partial charge is 0.129 e. The van der Waals surface area contributed by atoms with E-state index in [0.717, 1.165) is 0 Å². The molecular weight excluding hydrogens is 513 g/mol. The zero-order valence-corrected chi connectivity index (χ0v) is 25.5. The Kier molecular flexibility index (Phi) is 5.67. The lowest BCUT2D eigenvalue weighted by atomic mass is 9.83. The summed E-state index contributed by atoms with van der Waals surface area (Å²) in [6.07, 6.45) is 26.5. The minimum atomic E-state index is -2.01. The second-order valence-electron chi connectivity index (χ2n) is 13.8. The molecule has 1 aliphatic heterocycles. The number of hydrogen-bond donors (Lipinski definition) is 1. The molecule has 0 amide bonds. The predicted molar refractivity (Wildman–Crippen MR) is 177 cm³/mol. The molecule has 0 bridgehead atoms. The number of nitrogens with one attached hydrogen (secondary N) is 1. The third-order valence-corrected chi connectivity index (χ3v) is 15.4. The van der Waals surface area contributed by atoms with Gasteiger partial charge in [0.25, 0.3) is 0 Å². The minimum Gasteiger partial charge on any atom is -0.299 e. The molecule has 2 fully saturated rings. The molecule has 0 spiro atoms. The molecule has 3 heteroatoms. The number of allylic oxidation sites excluding steroid dienone is 10. The fraction of sp³-hybridized carbons (Fsp3) is 0.316. The van der Waals surface area contributed by atoms with Crippen molar-refractivity contribution < 1.29 is 0 Å². The molecule has 4 aliphatic carbocycles. The Bertz CT molecular complexity index is 1650. The Morgan fingerprint density at radius 3 is 1.80 bits per heavy atom. The van der Waals surface area contributed by atoms with Gasteiger partial charge in [-0.15, -0.1) is 0 Å². The normalized spacial score (nSPS) is 33.3. The number of nitrogens with zero attached hydrogens (tertiary/aromatic N) is 1. The SMILES string of the molecule is CC1(C)NC2C(c3c4ccccc4cc4ccccc34)=CC=C[C@H]2N1[Si](C)(C)C1C2C=CC=CC2C2C=CC=CC21. The van der Waals surface area contributed by atoms with Gasteiger partial charge in [0.15, 0.2) is 0 Å². The molecule has 0 aromatic heterocycles. The van der Waals surface area contributed by atoms with E-state index in [9.17, 15) is 0 Å². The minimum absolute atomic E-state index is 0.116. The van der Waals surface area contributed by atoms with Crippen LogP contribution in [0.1, 0.15) is 19.4 Å². The van der Waals surface area contributed by atoms with Crippen LogP contribution in [0.3, 0.4) is 0 Å². The van der Waals surface area contributed by atoms with E-state index < -0.39 is 8.24 Å². The maximum absolute atomic E-state index is 4.21. The van der Waals surface area contributed by atoms with Gasteiger partial charge in [0.05, 0.1) is 11.7 Å². The van der Waals surface area contributed by atoms with E-state index in [-0.39, 0.29) is 11.7 Å². The van der Waals surface area contributed by atoms with Gasteiger partial charge in [0.2, 0.25) is 0 Å². The maximum atomic E-state index is 4.21. The number of hydrogen-bond acceptors (Lipinski definition) is 2. The van der Waals surface area contributed by atoms with Crippen molar-refractivity contribution in [3.63, 3.8) is 0 Å². The highest BCUT2D eigenvalue weighted by Crippen LogP contribution is 2.60. The van der Waals surface area contributed by atoms with Crippen LogP contribution in [0.2, 0.25) is 18.6 Å². The summed E-state index contributed by atoms with van der Waals surface area (Å²) >= 11 is 0. The van der Waals surface area contributed by atoms with Crippen molar-refractivity contribution in [1.29, 1.82) is 0 Å². The number of benzene rings is 3. The van der Waals surface area contributed by atoms with Crippen LogP contribution in [0.25, 0.3) is 27.1 Å². The van der Waals surface area contributed by atoms with Gasteiger partial charge >= 0.3 is 0 Å². The summed E-state index contributed by atoms with van der Waals surface area (Å²) in [7, 11) is -2.01. The van der Waals surface area contributed by atoms with Gasteiger partial charge in [0.1, 0.15) is 8.24 Å². The van der Waals surface area contributed by atoms with E-state index in [1.807, 2.05) is 0 Å². The maximum Gasteiger partial charge on any atom is 0.129 e. The van der Waals surface area contributed by atoms with E-state index >= 15 is 0 Å². The molecule has 6 atom stereocenters. The molecule has 1 heterocycles. The molecule has 2 nitrogen and oxygen atoms in total. The predicted octanol–water partition coefficient (Wildman–Crippen LogP) is 8.63. The lowest BCUT2D eigenvalue weighted by Crippen LogP contribution is -2.64. The fourth-order valence-corrected chi connectivity index (χ4v) is 15.1. The second kappa shape index (κ2) is 9.13. The molecular formula is C38H40N2Si. The lowest BCUT2D eigenvalue weighted by molar-refractivity contribution is 0.227. The molecule has 1 saturated carbocycles. The zero-order chi connectivity index (χ0) is 27.9. The molecule has 1 saturated heterocycles. The molecule has 3 aromatic rings. The zero-order valence-electron chi connectivity index (χ0n) is 24.5. The molecule has 0 radical (unpaired) electrons. The molecule has 5 aliphatic rings. The average molecular weight is 553 g/mol. The van der Waals surface area contributed by atoms with Crippen molar-refractivity contribution in [3.8, 4) is 0 Å². The molecule has 8 rings (SSSR count). The number of rotatable bonds is 3. The van der Waals surface area contributed by atoms with Gasteiger partial charge in [-0.2, -0.15) is 0 Å². The van der Waals surface area contributed by atoms with Gasteiger partial charge in [-0.05, 0) is 81.8 Å².